The van der Waals surface area contributed by atoms with Crippen LogP contribution in [0.3, 0.4) is 0 Å². The Bertz CT molecular complexity index is 1290. The van der Waals surface area contributed by atoms with Crippen molar-refractivity contribution in [2.24, 2.45) is 0 Å². The molecule has 278 valence electrons. The molecule has 0 bridgehead atoms. The number of phenols is 3. The van der Waals surface area contributed by atoms with Gasteiger partial charge in [0.15, 0.2) is 0 Å². The largest absolute Gasteiger partial charge is 0.508 e. The molecule has 0 aromatic heterocycles. The van der Waals surface area contributed by atoms with E-state index in [1.54, 1.807) is 18.2 Å². The summed E-state index contributed by atoms with van der Waals surface area (Å²) in [4.78, 5) is 21.7. The third-order valence-corrected chi connectivity index (χ3v) is 7.86. The molecule has 0 atom stereocenters. The average Bonchev–Trinajstić information content (AvgIpc) is 2.85. The summed E-state index contributed by atoms with van der Waals surface area (Å²) in [5.41, 5.74) is 8.21. The molecule has 7 heteroatoms. The minimum atomic E-state index is -2.62. The summed E-state index contributed by atoms with van der Waals surface area (Å²) in [6.45, 7) is 39.4. The zero-order chi connectivity index (χ0) is 39.1. The van der Waals surface area contributed by atoms with Gasteiger partial charge in [-0.15, -0.1) is 0 Å². The van der Waals surface area contributed by atoms with Gasteiger partial charge in [-0.1, -0.05) is 143 Å². The number of phenolic OH excluding ortho intramolecular Hbond substituents is 3. The van der Waals surface area contributed by atoms with Gasteiger partial charge in [-0.2, -0.15) is 0 Å². The first-order chi connectivity index (χ1) is 21.6. The minimum absolute atomic E-state index is 0.0708. The summed E-state index contributed by atoms with van der Waals surface area (Å²) in [7, 11) is -2.62. The van der Waals surface area contributed by atoms with Crippen molar-refractivity contribution in [2.45, 2.75) is 157 Å². The Labute approximate surface area is 300 Å². The first-order valence-electron chi connectivity index (χ1n) is 17.0. The number of hydrogen-bond donors (Lipinski definition) is 6. The van der Waals surface area contributed by atoms with Crippen molar-refractivity contribution in [1.82, 2.24) is 0 Å². The van der Waals surface area contributed by atoms with Gasteiger partial charge in [0.25, 0.3) is 0 Å². The van der Waals surface area contributed by atoms with Gasteiger partial charge in [-0.3, -0.25) is 0 Å². The lowest BCUT2D eigenvalue weighted by atomic mass is 9.75. The summed E-state index contributed by atoms with van der Waals surface area (Å²) in [6.07, 6.45) is 0. The lowest BCUT2D eigenvalue weighted by Gasteiger charge is -2.30. The second-order valence-corrected chi connectivity index (χ2v) is 19.5. The molecular weight excluding hydrogens is 631 g/mol. The monoisotopic (exact) mass is 700 g/mol. The van der Waals surface area contributed by atoms with Crippen LogP contribution >= 0.6 is 8.60 Å². The van der Waals surface area contributed by atoms with E-state index in [2.05, 4.69) is 125 Å². The van der Waals surface area contributed by atoms with Gasteiger partial charge >= 0.3 is 8.60 Å². The molecule has 0 amide bonds. The maximum Gasteiger partial charge on any atom is 0.324 e. The van der Waals surface area contributed by atoms with Crippen molar-refractivity contribution < 1.29 is 30.0 Å². The summed E-state index contributed by atoms with van der Waals surface area (Å²) in [5.74, 6) is 1.06. The summed E-state index contributed by atoms with van der Waals surface area (Å²) >= 11 is 0. The van der Waals surface area contributed by atoms with Crippen LogP contribution in [-0.2, 0) is 32.5 Å². The lowest BCUT2D eigenvalue weighted by molar-refractivity contribution is 0.368. The SMILES string of the molecule is CC(C)(C)c1ccc(O)cc1C(C)(C)C.CC(C)(C)c1ccc(O)cc1C(C)(C)C.CC(C)(C)c1ccc(O)cc1C(C)(C)C.OP(O)O. The lowest BCUT2D eigenvalue weighted by Crippen LogP contribution is -2.21. The number of rotatable bonds is 0. The molecule has 0 fully saturated rings. The number of benzene rings is 3. The Morgan fingerprint density at radius 1 is 0.306 bits per heavy atom. The summed E-state index contributed by atoms with van der Waals surface area (Å²) in [5, 5.41) is 28.7. The van der Waals surface area contributed by atoms with Crippen LogP contribution in [0.1, 0.15) is 158 Å². The van der Waals surface area contributed by atoms with E-state index < -0.39 is 8.60 Å². The molecule has 3 aromatic carbocycles. The van der Waals surface area contributed by atoms with E-state index in [0.717, 1.165) is 0 Å². The van der Waals surface area contributed by atoms with Crippen LogP contribution in [-0.4, -0.2) is 30.0 Å². The van der Waals surface area contributed by atoms with E-state index in [1.165, 1.54) is 33.4 Å². The smallest absolute Gasteiger partial charge is 0.324 e. The number of aromatic hydroxyl groups is 3. The fourth-order valence-electron chi connectivity index (χ4n) is 5.42. The van der Waals surface area contributed by atoms with Crippen LogP contribution < -0.4 is 0 Å². The predicted molar refractivity (Wildman–Crippen MR) is 210 cm³/mol. The van der Waals surface area contributed by atoms with Crippen LogP contribution in [0.15, 0.2) is 54.6 Å². The van der Waals surface area contributed by atoms with E-state index in [1.807, 2.05) is 36.4 Å². The quantitative estimate of drug-likeness (QED) is 0.130. The third kappa shape index (κ3) is 16.3. The molecule has 6 N–H and O–H groups in total. The van der Waals surface area contributed by atoms with Crippen LogP contribution in [0, 0.1) is 0 Å². The maximum atomic E-state index is 9.57. The molecular formula is C42H69O6P. The van der Waals surface area contributed by atoms with Gasteiger partial charge in [-0.05, 0) is 102 Å². The van der Waals surface area contributed by atoms with E-state index in [0.29, 0.717) is 17.2 Å². The number of hydrogen-bond acceptors (Lipinski definition) is 6. The molecule has 0 radical (unpaired) electrons. The fraction of sp³-hybridized carbons (Fsp3) is 0.571. The Hall–Kier alpha value is -2.63. The highest BCUT2D eigenvalue weighted by molar-refractivity contribution is 7.38. The van der Waals surface area contributed by atoms with Crippen molar-refractivity contribution in [2.75, 3.05) is 0 Å². The average molecular weight is 701 g/mol. The van der Waals surface area contributed by atoms with Crippen molar-refractivity contribution >= 4 is 8.60 Å². The van der Waals surface area contributed by atoms with E-state index in [9.17, 15) is 15.3 Å². The molecule has 0 aliphatic carbocycles. The van der Waals surface area contributed by atoms with Gasteiger partial charge in [0.1, 0.15) is 17.2 Å². The Balaban J connectivity index is 0.000000667. The Morgan fingerprint density at radius 3 is 0.571 bits per heavy atom. The molecule has 0 saturated carbocycles. The fourth-order valence-corrected chi connectivity index (χ4v) is 5.42. The molecule has 49 heavy (non-hydrogen) atoms. The van der Waals surface area contributed by atoms with Gasteiger partial charge in [-0.25, -0.2) is 0 Å². The molecule has 0 aliphatic rings. The molecule has 0 saturated heterocycles. The molecule has 0 aliphatic heterocycles. The van der Waals surface area contributed by atoms with Crippen molar-refractivity contribution in [3.8, 4) is 17.2 Å². The summed E-state index contributed by atoms with van der Waals surface area (Å²) in [6, 6.07) is 17.1. The van der Waals surface area contributed by atoms with E-state index in [4.69, 9.17) is 14.7 Å². The normalized spacial score (nSPS) is 12.6. The second kappa shape index (κ2) is 17.1. The van der Waals surface area contributed by atoms with Crippen molar-refractivity contribution in [1.29, 1.82) is 0 Å². The molecule has 0 spiro atoms. The molecule has 3 aromatic rings. The minimum Gasteiger partial charge on any atom is -0.508 e. The molecule has 0 unspecified atom stereocenters. The predicted octanol–water partition coefficient (Wildman–Crippen LogP) is 11.2. The highest BCUT2D eigenvalue weighted by atomic mass is 31.2. The third-order valence-electron chi connectivity index (χ3n) is 7.86. The van der Waals surface area contributed by atoms with Gasteiger partial charge in [0.05, 0.1) is 0 Å². The Morgan fingerprint density at radius 2 is 0.449 bits per heavy atom. The molecule has 6 nitrogen and oxygen atoms in total. The zero-order valence-electron chi connectivity index (χ0n) is 33.8. The Kier molecular flexibility index (Phi) is 16.1. The van der Waals surface area contributed by atoms with Gasteiger partial charge < -0.3 is 30.0 Å². The first-order valence-corrected chi connectivity index (χ1v) is 18.2. The van der Waals surface area contributed by atoms with Crippen molar-refractivity contribution in [3.05, 3.63) is 88.0 Å². The topological polar surface area (TPSA) is 121 Å². The van der Waals surface area contributed by atoms with E-state index in [-0.39, 0.29) is 32.5 Å². The zero-order valence-corrected chi connectivity index (χ0v) is 34.7. The van der Waals surface area contributed by atoms with Crippen LogP contribution in [0.25, 0.3) is 0 Å². The molecule has 0 heterocycles. The maximum absolute atomic E-state index is 9.57. The van der Waals surface area contributed by atoms with Crippen LogP contribution in [0.4, 0.5) is 0 Å². The van der Waals surface area contributed by atoms with Gasteiger partial charge in [0.2, 0.25) is 0 Å². The van der Waals surface area contributed by atoms with Crippen LogP contribution in [0.2, 0.25) is 0 Å². The highest BCUT2D eigenvalue weighted by Gasteiger charge is 2.27. The van der Waals surface area contributed by atoms with Crippen molar-refractivity contribution in [3.63, 3.8) is 0 Å². The summed E-state index contributed by atoms with van der Waals surface area (Å²) < 4.78 is 0. The second-order valence-electron chi connectivity index (χ2n) is 19.0. The van der Waals surface area contributed by atoms with Crippen LogP contribution in [0.5, 0.6) is 17.2 Å². The first kappa shape index (κ1) is 46.4. The standard InChI is InChI=1S/3C14H22O.H3O3P/c3*1-13(2,3)11-8-7-10(15)9-12(11)14(4,5)6;1-4(2)3/h3*7-9,15H,1-6H3;1-3H. The highest BCUT2D eigenvalue weighted by Crippen LogP contribution is 2.38. The van der Waals surface area contributed by atoms with E-state index >= 15 is 0 Å². The molecule has 3 rings (SSSR count). The van der Waals surface area contributed by atoms with Gasteiger partial charge in [0, 0.05) is 0 Å².